The average Bonchev–Trinajstić information content (AvgIpc) is 2.97. The van der Waals surface area contributed by atoms with Gasteiger partial charge >= 0.3 is 0 Å². The highest BCUT2D eigenvalue weighted by atomic mass is 32.1. The first-order chi connectivity index (χ1) is 10.9. The van der Waals surface area contributed by atoms with Gasteiger partial charge in [0, 0.05) is 10.9 Å². The lowest BCUT2D eigenvalue weighted by Crippen LogP contribution is -1.97. The van der Waals surface area contributed by atoms with Gasteiger partial charge in [0.2, 0.25) is 0 Å². The van der Waals surface area contributed by atoms with E-state index in [1.165, 1.54) is 82.6 Å². The van der Waals surface area contributed by atoms with E-state index in [2.05, 4.69) is 24.6 Å². The SMILES string of the molecule is CCCCCCCCCCCCc1cscc1OCCCC. The summed E-state index contributed by atoms with van der Waals surface area (Å²) in [6.07, 6.45) is 17.6. The molecule has 128 valence electrons. The number of hydrogen-bond donors (Lipinski definition) is 0. The summed E-state index contributed by atoms with van der Waals surface area (Å²) in [7, 11) is 0. The molecule has 0 bridgehead atoms. The molecule has 0 saturated carbocycles. The summed E-state index contributed by atoms with van der Waals surface area (Å²) < 4.78 is 5.87. The molecule has 0 saturated heterocycles. The molecule has 2 heteroatoms. The Morgan fingerprint density at radius 2 is 1.32 bits per heavy atom. The Morgan fingerprint density at radius 3 is 1.95 bits per heavy atom. The molecule has 0 aliphatic rings. The smallest absolute Gasteiger partial charge is 0.133 e. The molecule has 1 rings (SSSR count). The van der Waals surface area contributed by atoms with Gasteiger partial charge in [0.1, 0.15) is 5.75 Å². The molecule has 1 aromatic rings. The maximum absolute atomic E-state index is 5.87. The number of aryl methyl sites for hydroxylation is 1. The molecule has 1 heterocycles. The minimum atomic E-state index is 0.873. The van der Waals surface area contributed by atoms with Crippen LogP contribution >= 0.6 is 11.3 Å². The fourth-order valence-electron chi connectivity index (χ4n) is 2.75. The van der Waals surface area contributed by atoms with E-state index in [1.807, 2.05) is 0 Å². The number of thiophene rings is 1. The zero-order valence-electron chi connectivity index (χ0n) is 14.9. The topological polar surface area (TPSA) is 9.23 Å². The highest BCUT2D eigenvalue weighted by Crippen LogP contribution is 2.26. The van der Waals surface area contributed by atoms with E-state index in [1.54, 1.807) is 11.3 Å². The summed E-state index contributed by atoms with van der Waals surface area (Å²) >= 11 is 1.78. The summed E-state index contributed by atoms with van der Waals surface area (Å²) in [5.74, 6) is 1.15. The molecule has 0 aliphatic heterocycles. The van der Waals surface area contributed by atoms with Gasteiger partial charge in [0.05, 0.1) is 6.61 Å². The molecule has 1 nitrogen and oxygen atoms in total. The van der Waals surface area contributed by atoms with E-state index >= 15 is 0 Å². The minimum Gasteiger partial charge on any atom is -0.492 e. The number of hydrogen-bond acceptors (Lipinski definition) is 2. The van der Waals surface area contributed by atoms with Gasteiger partial charge in [-0.1, -0.05) is 78.1 Å². The summed E-state index contributed by atoms with van der Waals surface area (Å²) in [5.41, 5.74) is 1.43. The van der Waals surface area contributed by atoms with Crippen LogP contribution in [0, 0.1) is 0 Å². The zero-order valence-corrected chi connectivity index (χ0v) is 15.7. The predicted molar refractivity (Wildman–Crippen MR) is 100 cm³/mol. The van der Waals surface area contributed by atoms with E-state index in [0.29, 0.717) is 0 Å². The van der Waals surface area contributed by atoms with Gasteiger partial charge in [0.25, 0.3) is 0 Å². The van der Waals surface area contributed by atoms with Crippen LogP contribution in [0.2, 0.25) is 0 Å². The van der Waals surface area contributed by atoms with Crippen LogP contribution in [0.4, 0.5) is 0 Å². The van der Waals surface area contributed by atoms with Gasteiger partial charge in [-0.05, 0) is 24.6 Å². The molecule has 0 N–H and O–H groups in total. The van der Waals surface area contributed by atoms with E-state index < -0.39 is 0 Å². The summed E-state index contributed by atoms with van der Waals surface area (Å²) in [6, 6.07) is 0. The molecule has 0 radical (unpaired) electrons. The van der Waals surface area contributed by atoms with Gasteiger partial charge in [-0.15, -0.1) is 11.3 Å². The zero-order chi connectivity index (χ0) is 15.9. The molecule has 0 aromatic carbocycles. The third-order valence-corrected chi connectivity index (χ3v) is 5.03. The normalized spacial score (nSPS) is 11.0. The van der Waals surface area contributed by atoms with Gasteiger partial charge in [-0.3, -0.25) is 0 Å². The van der Waals surface area contributed by atoms with Crippen molar-refractivity contribution in [3.8, 4) is 5.75 Å². The largest absolute Gasteiger partial charge is 0.492 e. The summed E-state index contributed by atoms with van der Waals surface area (Å²) in [4.78, 5) is 0. The molecule has 1 aromatic heterocycles. The van der Waals surface area contributed by atoms with E-state index in [4.69, 9.17) is 4.74 Å². The van der Waals surface area contributed by atoms with Crippen LogP contribution in [0.1, 0.15) is 96.5 Å². The second kappa shape index (κ2) is 14.1. The predicted octanol–water partition coefficient (Wildman–Crippen LogP) is 7.39. The Bertz CT molecular complexity index is 345. The molecule has 0 amide bonds. The molecular formula is C20H36OS. The van der Waals surface area contributed by atoms with Crippen LogP contribution in [0.5, 0.6) is 5.75 Å². The number of ether oxygens (including phenoxy) is 1. The van der Waals surface area contributed by atoms with Crippen molar-refractivity contribution in [1.82, 2.24) is 0 Å². The average molecular weight is 325 g/mol. The molecule has 0 spiro atoms. The maximum atomic E-state index is 5.87. The third-order valence-electron chi connectivity index (χ3n) is 4.26. The highest BCUT2D eigenvalue weighted by molar-refractivity contribution is 7.08. The van der Waals surface area contributed by atoms with E-state index in [0.717, 1.165) is 18.8 Å². The molecule has 0 atom stereocenters. The van der Waals surface area contributed by atoms with Crippen molar-refractivity contribution in [3.05, 3.63) is 16.3 Å². The van der Waals surface area contributed by atoms with Crippen molar-refractivity contribution in [2.75, 3.05) is 6.61 Å². The highest BCUT2D eigenvalue weighted by Gasteiger charge is 2.04. The second-order valence-corrected chi connectivity index (χ2v) is 7.14. The van der Waals surface area contributed by atoms with Crippen LogP contribution in [-0.2, 0) is 6.42 Å². The fourth-order valence-corrected chi connectivity index (χ4v) is 3.56. The lowest BCUT2D eigenvalue weighted by Gasteiger charge is -2.07. The Hall–Kier alpha value is -0.500. The standard InChI is InChI=1S/C20H36OS/c1-3-5-7-8-9-10-11-12-13-14-15-19-17-22-18-20(19)21-16-6-4-2/h17-18H,3-16H2,1-2H3. The Morgan fingerprint density at radius 1 is 0.727 bits per heavy atom. The van der Waals surface area contributed by atoms with Gasteiger partial charge in [0.15, 0.2) is 0 Å². The maximum Gasteiger partial charge on any atom is 0.133 e. The van der Waals surface area contributed by atoms with Crippen LogP contribution in [0.3, 0.4) is 0 Å². The van der Waals surface area contributed by atoms with E-state index in [9.17, 15) is 0 Å². The Kier molecular flexibility index (Phi) is 12.5. The molecule has 0 aliphatic carbocycles. The van der Waals surface area contributed by atoms with Crippen LogP contribution in [0.15, 0.2) is 10.8 Å². The summed E-state index contributed by atoms with van der Waals surface area (Å²) in [6.45, 7) is 5.37. The van der Waals surface area contributed by atoms with Crippen molar-refractivity contribution in [2.45, 2.75) is 97.3 Å². The first-order valence-corrected chi connectivity index (χ1v) is 10.5. The van der Waals surface area contributed by atoms with Crippen molar-refractivity contribution >= 4 is 11.3 Å². The van der Waals surface area contributed by atoms with Crippen molar-refractivity contribution in [1.29, 1.82) is 0 Å². The van der Waals surface area contributed by atoms with Gasteiger partial charge in [-0.2, -0.15) is 0 Å². The van der Waals surface area contributed by atoms with Crippen molar-refractivity contribution in [2.24, 2.45) is 0 Å². The van der Waals surface area contributed by atoms with Crippen molar-refractivity contribution in [3.63, 3.8) is 0 Å². The van der Waals surface area contributed by atoms with Crippen LogP contribution in [0.25, 0.3) is 0 Å². The first-order valence-electron chi connectivity index (χ1n) is 9.56. The number of unbranched alkanes of at least 4 members (excludes halogenated alkanes) is 10. The number of rotatable bonds is 15. The first kappa shape index (κ1) is 19.5. The van der Waals surface area contributed by atoms with Gasteiger partial charge < -0.3 is 4.74 Å². The molecule has 0 fully saturated rings. The monoisotopic (exact) mass is 324 g/mol. The van der Waals surface area contributed by atoms with Gasteiger partial charge in [-0.25, -0.2) is 0 Å². The molecule has 0 unspecified atom stereocenters. The Balaban J connectivity index is 1.97. The third kappa shape index (κ3) is 9.50. The summed E-state index contributed by atoms with van der Waals surface area (Å²) in [5, 5.41) is 4.44. The van der Waals surface area contributed by atoms with E-state index in [-0.39, 0.29) is 0 Å². The lowest BCUT2D eigenvalue weighted by atomic mass is 10.0. The second-order valence-electron chi connectivity index (χ2n) is 6.40. The van der Waals surface area contributed by atoms with Crippen molar-refractivity contribution < 1.29 is 4.74 Å². The van der Waals surface area contributed by atoms with Crippen LogP contribution in [-0.4, -0.2) is 6.61 Å². The molecular weight excluding hydrogens is 288 g/mol. The Labute approximate surface area is 142 Å². The lowest BCUT2D eigenvalue weighted by molar-refractivity contribution is 0.307. The quantitative estimate of drug-likeness (QED) is 0.306. The fraction of sp³-hybridized carbons (Fsp3) is 0.800. The molecule has 22 heavy (non-hydrogen) atoms. The van der Waals surface area contributed by atoms with Crippen LogP contribution < -0.4 is 4.74 Å². The minimum absolute atomic E-state index is 0.873.